The van der Waals surface area contributed by atoms with Gasteiger partial charge in [-0.2, -0.15) is 0 Å². The Morgan fingerprint density at radius 2 is 1.88 bits per heavy atom. The summed E-state index contributed by atoms with van der Waals surface area (Å²) in [7, 11) is -3.39. The predicted octanol–water partition coefficient (Wildman–Crippen LogP) is 4.80. The molecule has 2 aromatic rings. The molecule has 0 radical (unpaired) electrons. The quantitative estimate of drug-likeness (QED) is 0.693. The topological polar surface area (TPSA) is 47.0 Å². The van der Waals surface area contributed by atoms with Crippen LogP contribution in [-0.2, 0) is 9.84 Å². The molecule has 0 spiro atoms. The summed E-state index contributed by atoms with van der Waals surface area (Å²) in [5.41, 5.74) is 0. The van der Waals surface area contributed by atoms with Crippen molar-refractivity contribution in [1.29, 1.82) is 0 Å². The van der Waals surface area contributed by atoms with E-state index < -0.39 is 14.4 Å². The molecule has 5 heteroatoms. The largest absolute Gasteiger partial charge is 0.250 e. The van der Waals surface area contributed by atoms with Crippen molar-refractivity contribution in [3.8, 4) is 0 Å². The third kappa shape index (κ3) is 4.01. The first-order valence-electron chi connectivity index (χ1n) is 8.44. The van der Waals surface area contributed by atoms with Gasteiger partial charge in [0.05, 0.1) is 9.92 Å². The minimum Gasteiger partial charge on any atom is -0.250 e. The molecule has 3 nitrogen and oxygen atoms in total. The van der Waals surface area contributed by atoms with Crippen LogP contribution in [0.15, 0.2) is 64.6 Å². The van der Waals surface area contributed by atoms with Gasteiger partial charge < -0.3 is 0 Å². The van der Waals surface area contributed by atoms with Crippen LogP contribution < -0.4 is 0 Å². The Bertz CT molecular complexity index is 747. The Hall–Kier alpha value is -1.33. The van der Waals surface area contributed by atoms with Crippen molar-refractivity contribution >= 4 is 21.6 Å². The molecule has 1 saturated carbocycles. The van der Waals surface area contributed by atoms with Crippen LogP contribution in [-0.4, -0.2) is 18.0 Å². The fraction of sp³-hybridized carbons (Fsp3) is 0.421. The summed E-state index contributed by atoms with van der Waals surface area (Å²) in [6.07, 6.45) is 5.95. The molecule has 0 amide bonds. The highest BCUT2D eigenvalue weighted by atomic mass is 32.3. The number of aromatic nitrogens is 1. The summed E-state index contributed by atoms with van der Waals surface area (Å²) in [5, 5.41) is 0.771. The van der Waals surface area contributed by atoms with Gasteiger partial charge in [-0.1, -0.05) is 62.2 Å². The van der Waals surface area contributed by atoms with E-state index in [4.69, 9.17) is 0 Å². The van der Waals surface area contributed by atoms with Crippen LogP contribution >= 0.6 is 11.8 Å². The second kappa shape index (κ2) is 7.70. The van der Waals surface area contributed by atoms with Crippen LogP contribution in [0.25, 0.3) is 0 Å². The molecule has 1 aliphatic carbocycles. The van der Waals surface area contributed by atoms with Gasteiger partial charge in [-0.3, -0.25) is 0 Å². The Morgan fingerprint density at radius 1 is 1.12 bits per heavy atom. The Balaban J connectivity index is 1.89. The molecule has 3 atom stereocenters. The molecule has 1 aromatic heterocycles. The molecular weight excluding hydrogens is 338 g/mol. The van der Waals surface area contributed by atoms with Gasteiger partial charge in [0.25, 0.3) is 0 Å². The molecule has 3 rings (SSSR count). The van der Waals surface area contributed by atoms with E-state index in [0.717, 1.165) is 11.4 Å². The second-order valence-corrected chi connectivity index (χ2v) is 10.1. The second-order valence-electron chi connectivity index (χ2n) is 6.48. The van der Waals surface area contributed by atoms with Crippen molar-refractivity contribution in [3.05, 3.63) is 54.7 Å². The van der Waals surface area contributed by atoms with E-state index >= 15 is 0 Å². The smallest absolute Gasteiger partial charge is 0.190 e. The van der Waals surface area contributed by atoms with E-state index in [1.165, 1.54) is 24.6 Å². The number of hydrogen-bond donors (Lipinski definition) is 0. The monoisotopic (exact) mass is 361 g/mol. The normalized spacial score (nSPS) is 22.4. The summed E-state index contributed by atoms with van der Waals surface area (Å²) < 4.78 is 25.9. The maximum absolute atomic E-state index is 13.2. The Morgan fingerprint density at radius 3 is 2.50 bits per heavy atom. The van der Waals surface area contributed by atoms with Crippen molar-refractivity contribution in [2.24, 2.45) is 11.8 Å². The van der Waals surface area contributed by atoms with E-state index in [1.807, 2.05) is 24.3 Å². The number of thioether (sulfide) groups is 1. The Kier molecular flexibility index (Phi) is 5.61. The lowest BCUT2D eigenvalue weighted by molar-refractivity contribution is 0.401. The highest BCUT2D eigenvalue weighted by Gasteiger charge is 2.34. The fourth-order valence-corrected chi connectivity index (χ4v) is 6.74. The van der Waals surface area contributed by atoms with E-state index in [9.17, 15) is 8.42 Å². The first-order chi connectivity index (χ1) is 11.6. The number of nitrogens with zero attached hydrogens (tertiary/aromatic N) is 1. The van der Waals surface area contributed by atoms with E-state index in [0.29, 0.717) is 23.2 Å². The lowest BCUT2D eigenvalue weighted by atomic mass is 9.96. The SMILES string of the molecule is C[C@@H]1CCC[C@H]1CC(Sc1ccccn1)S(=O)(=O)c1ccccc1. The third-order valence-corrected chi connectivity index (χ3v) is 8.64. The molecule has 1 aliphatic rings. The molecule has 1 fully saturated rings. The lowest BCUT2D eigenvalue weighted by Crippen LogP contribution is -2.23. The van der Waals surface area contributed by atoms with Crippen molar-refractivity contribution in [1.82, 2.24) is 4.98 Å². The highest BCUT2D eigenvalue weighted by molar-refractivity contribution is 8.13. The minimum absolute atomic E-state index is 0.407. The molecule has 1 unspecified atom stereocenters. The van der Waals surface area contributed by atoms with Crippen molar-refractivity contribution in [2.75, 3.05) is 0 Å². The number of hydrogen-bond acceptors (Lipinski definition) is 4. The van der Waals surface area contributed by atoms with Gasteiger partial charge in [-0.15, -0.1) is 0 Å². The van der Waals surface area contributed by atoms with Crippen molar-refractivity contribution < 1.29 is 8.42 Å². The summed E-state index contributed by atoms with van der Waals surface area (Å²) in [6, 6.07) is 14.4. The fourth-order valence-electron chi connectivity index (χ4n) is 3.37. The zero-order valence-electron chi connectivity index (χ0n) is 13.8. The zero-order valence-corrected chi connectivity index (χ0v) is 15.5. The molecule has 0 N–H and O–H groups in total. The number of sulfone groups is 1. The molecule has 0 saturated heterocycles. The van der Waals surface area contributed by atoms with Crippen LogP contribution in [0.2, 0.25) is 0 Å². The van der Waals surface area contributed by atoms with E-state index in [-0.39, 0.29) is 0 Å². The summed E-state index contributed by atoms with van der Waals surface area (Å²) >= 11 is 1.38. The first kappa shape index (κ1) is 17.5. The maximum Gasteiger partial charge on any atom is 0.190 e. The maximum atomic E-state index is 13.2. The Labute approximate surface area is 148 Å². The van der Waals surface area contributed by atoms with Gasteiger partial charge in [-0.05, 0) is 42.5 Å². The molecular formula is C19H23NO2S2. The number of benzene rings is 1. The van der Waals surface area contributed by atoms with Crippen LogP contribution in [0.1, 0.15) is 32.6 Å². The zero-order chi connectivity index (χ0) is 17.0. The number of rotatable bonds is 6. The standard InChI is InChI=1S/C19H23NO2S2/c1-15-8-7-9-16(15)14-19(23-18-12-5-6-13-20-18)24(21,22)17-10-3-2-4-11-17/h2-6,10-13,15-16,19H,7-9,14H2,1H3/t15-,16+,19?/m1/s1. The van der Waals surface area contributed by atoms with Crippen LogP contribution in [0.3, 0.4) is 0 Å². The molecule has 128 valence electrons. The molecule has 0 aliphatic heterocycles. The van der Waals surface area contributed by atoms with Crippen LogP contribution in [0.5, 0.6) is 0 Å². The minimum atomic E-state index is -3.39. The van der Waals surface area contributed by atoms with Gasteiger partial charge in [0.2, 0.25) is 0 Å². The third-order valence-electron chi connectivity index (χ3n) is 4.84. The van der Waals surface area contributed by atoms with E-state index in [2.05, 4.69) is 11.9 Å². The van der Waals surface area contributed by atoms with Gasteiger partial charge in [0.15, 0.2) is 9.84 Å². The molecule has 24 heavy (non-hydrogen) atoms. The lowest BCUT2D eigenvalue weighted by Gasteiger charge is -2.23. The molecule has 1 heterocycles. The van der Waals surface area contributed by atoms with Gasteiger partial charge in [0.1, 0.15) is 4.58 Å². The predicted molar refractivity (Wildman–Crippen MR) is 98.6 cm³/mol. The number of pyridine rings is 1. The first-order valence-corrected chi connectivity index (χ1v) is 10.9. The summed E-state index contributed by atoms with van der Waals surface area (Å²) in [4.78, 5) is 4.72. The molecule has 0 bridgehead atoms. The summed E-state index contributed by atoms with van der Waals surface area (Å²) in [5.74, 6) is 1.08. The highest BCUT2D eigenvalue weighted by Crippen LogP contribution is 2.41. The average molecular weight is 362 g/mol. The van der Waals surface area contributed by atoms with Gasteiger partial charge in [0, 0.05) is 6.20 Å². The van der Waals surface area contributed by atoms with Crippen molar-refractivity contribution in [2.45, 2.75) is 47.1 Å². The van der Waals surface area contributed by atoms with Crippen LogP contribution in [0.4, 0.5) is 0 Å². The van der Waals surface area contributed by atoms with E-state index in [1.54, 1.807) is 30.5 Å². The average Bonchev–Trinajstić information content (AvgIpc) is 3.01. The van der Waals surface area contributed by atoms with Crippen LogP contribution in [0, 0.1) is 11.8 Å². The van der Waals surface area contributed by atoms with Crippen molar-refractivity contribution in [3.63, 3.8) is 0 Å². The molecule has 1 aromatic carbocycles. The summed E-state index contributed by atoms with van der Waals surface area (Å²) in [6.45, 7) is 2.25. The van der Waals surface area contributed by atoms with Gasteiger partial charge in [-0.25, -0.2) is 13.4 Å². The van der Waals surface area contributed by atoms with Gasteiger partial charge >= 0.3 is 0 Å².